The summed E-state index contributed by atoms with van der Waals surface area (Å²) in [6, 6.07) is 144. The van der Waals surface area contributed by atoms with Crippen LogP contribution < -0.4 is 63.7 Å². The molecule has 0 heterocycles. The van der Waals surface area contributed by atoms with Gasteiger partial charge in [0.1, 0.15) is 0 Å². The average molecular weight is 1800 g/mol. The molecule has 596 valence electrons. The molecule has 0 bridgehead atoms. The number of benzene rings is 12. The van der Waals surface area contributed by atoms with Gasteiger partial charge in [-0.05, 0) is 159 Å². The zero-order chi connectivity index (χ0) is 82.5. The van der Waals surface area contributed by atoms with Crippen LogP contribution in [0, 0.1) is 78.8 Å². The van der Waals surface area contributed by atoms with Crippen molar-refractivity contribution in [2.45, 2.75) is 29.6 Å². The Hall–Kier alpha value is -8.95. The summed E-state index contributed by atoms with van der Waals surface area (Å²) < 4.78 is 62.1. The van der Waals surface area contributed by atoms with Gasteiger partial charge < -0.3 is 0 Å². The second-order valence-corrected chi connectivity index (χ2v) is 49.5. The van der Waals surface area contributed by atoms with Crippen LogP contribution in [0.1, 0.15) is 13.8 Å². The van der Waals surface area contributed by atoms with Crippen LogP contribution in [0.2, 0.25) is 0 Å². The summed E-state index contributed by atoms with van der Waals surface area (Å²) in [5.74, 6) is 0. The molecule has 117 heavy (non-hydrogen) atoms. The van der Waals surface area contributed by atoms with Crippen molar-refractivity contribution < 1.29 is 59.4 Å². The minimum absolute atomic E-state index is 0. The number of rotatable bonds is 27. The maximum Gasteiger partial charge on any atom is 0.233 e. The van der Waals surface area contributed by atoms with Crippen LogP contribution in [0.15, 0.2) is 364 Å². The van der Waals surface area contributed by atoms with Gasteiger partial charge in [0, 0.05) is 52.9 Å². The van der Waals surface area contributed by atoms with E-state index in [1.165, 1.54) is 137 Å². The molecule has 0 aromatic heterocycles. The van der Waals surface area contributed by atoms with Crippen molar-refractivity contribution >= 4 is 141 Å². The predicted octanol–water partition coefficient (Wildman–Crippen LogP) is 13.5. The first-order valence-corrected chi connectivity index (χ1v) is 53.3. The van der Waals surface area contributed by atoms with E-state index in [0.717, 1.165) is 18.8 Å². The molecule has 0 N–H and O–H groups in total. The summed E-state index contributed by atoms with van der Waals surface area (Å²) in [5.41, 5.74) is 0.250. The Kier molecular flexibility index (Phi) is 40.9. The van der Waals surface area contributed by atoms with Crippen LogP contribution >= 0.6 is 47.5 Å². The molecule has 0 saturated heterocycles. The Morgan fingerprint density at radius 3 is 0.359 bits per heavy atom. The molecule has 12 aromatic carbocycles. The van der Waals surface area contributed by atoms with E-state index in [1.54, 1.807) is 0 Å². The standard InChI is InChI=1S/2C41H39P3.3C4H4N2O2S.2Fe/c2*1-41(32-42(35-20-8-2-9-21-35)36-22-10-3-11-23-36,33-43(37-24-12-4-13-25-37)38-26-14-5-15-27-38)34-44(39-28-16-6-17-29-39)40-30-18-7-19-31-40;3*1-9(7,8)4(2-5)3-6;;/h2*2-31H,32-34H2,1H3;3*4H,1H3;;/p+6. The summed E-state index contributed by atoms with van der Waals surface area (Å²) in [6.45, 7) is 5.27. The second-order valence-electron chi connectivity index (χ2n) is 28.3. The van der Waals surface area contributed by atoms with Gasteiger partial charge in [0.25, 0.3) is 0 Å². The first kappa shape index (κ1) is 96.9. The van der Waals surface area contributed by atoms with E-state index in [2.05, 4.69) is 378 Å². The van der Waals surface area contributed by atoms with Crippen LogP contribution in [0.5, 0.6) is 0 Å². The van der Waals surface area contributed by atoms with Gasteiger partial charge in [0.05, 0.1) is 195 Å². The Balaban J connectivity index is 0.000000273. The van der Waals surface area contributed by atoms with E-state index < -0.39 is 92.8 Å². The van der Waals surface area contributed by atoms with Gasteiger partial charge in [0.15, 0.2) is 29.5 Å². The molecule has 12 rings (SSSR count). The molecular formula is C94H96Fe2N6O6P6S3+6. The topological polar surface area (TPSA) is 245 Å². The van der Waals surface area contributed by atoms with E-state index >= 15 is 0 Å². The molecule has 12 nitrogen and oxygen atoms in total. The summed E-state index contributed by atoms with van der Waals surface area (Å²) in [5, 5.41) is 61.6. The summed E-state index contributed by atoms with van der Waals surface area (Å²) in [4.78, 5) is 0. The van der Waals surface area contributed by atoms with Crippen molar-refractivity contribution in [1.82, 2.24) is 0 Å². The fourth-order valence-corrected chi connectivity index (χ4v) is 34.4. The molecule has 0 aliphatic rings. The van der Waals surface area contributed by atoms with E-state index in [-0.39, 0.29) is 45.0 Å². The Morgan fingerprint density at radius 2 is 0.299 bits per heavy atom. The minimum atomic E-state index is -3.49. The summed E-state index contributed by atoms with van der Waals surface area (Å²) in [7, 11) is -16.7. The number of hydrogen-bond donors (Lipinski definition) is 0. The molecule has 0 aliphatic heterocycles. The van der Waals surface area contributed by atoms with Gasteiger partial charge in [-0.15, -0.1) is 0 Å². The number of nitrogens with zero attached hydrogens (tertiary/aromatic N) is 6. The van der Waals surface area contributed by atoms with Gasteiger partial charge >= 0.3 is 0 Å². The third-order valence-corrected chi connectivity index (χ3v) is 41.9. The van der Waals surface area contributed by atoms with Gasteiger partial charge in [0.2, 0.25) is 15.7 Å². The van der Waals surface area contributed by atoms with Crippen molar-refractivity contribution in [3.8, 4) is 36.4 Å². The Labute approximate surface area is 722 Å². The molecule has 0 fully saturated rings. The maximum absolute atomic E-state index is 10.3. The maximum atomic E-state index is 10.3. The van der Waals surface area contributed by atoms with E-state index in [4.69, 9.17) is 31.6 Å². The molecule has 0 atom stereocenters. The van der Waals surface area contributed by atoms with Crippen LogP contribution in [-0.2, 0) is 63.6 Å². The van der Waals surface area contributed by atoms with Gasteiger partial charge in [-0.1, -0.05) is 218 Å². The molecule has 0 saturated carbocycles. The predicted molar refractivity (Wildman–Crippen MR) is 498 cm³/mol. The molecule has 23 heteroatoms. The van der Waals surface area contributed by atoms with Gasteiger partial charge in [-0.25, -0.2) is 25.3 Å². The van der Waals surface area contributed by atoms with Crippen LogP contribution in [0.4, 0.5) is 0 Å². The zero-order valence-corrected chi connectivity index (χ0v) is 76.3. The molecule has 0 spiro atoms. The molecule has 0 radical (unpaired) electrons. The van der Waals surface area contributed by atoms with Crippen molar-refractivity contribution in [3.63, 3.8) is 0 Å². The van der Waals surface area contributed by atoms with Crippen LogP contribution in [0.25, 0.3) is 0 Å². The summed E-state index contributed by atoms with van der Waals surface area (Å²) >= 11 is 0. The molecule has 0 unspecified atom stereocenters. The Morgan fingerprint density at radius 1 is 0.214 bits per heavy atom. The monoisotopic (exact) mass is 1800 g/mol. The Bertz CT molecular complexity index is 4500. The first-order valence-electron chi connectivity index (χ1n) is 37.2. The van der Waals surface area contributed by atoms with Crippen molar-refractivity contribution in [1.29, 1.82) is 31.6 Å². The quantitative estimate of drug-likeness (QED) is 0.0345. The fraction of sp³-hybridized carbons (Fsp3) is 0.170. The van der Waals surface area contributed by atoms with E-state index in [9.17, 15) is 25.3 Å². The molecule has 0 aliphatic carbocycles. The van der Waals surface area contributed by atoms with Crippen molar-refractivity contribution in [3.05, 3.63) is 364 Å². The molecule has 0 amide bonds. The largest absolute Gasteiger partial charge is 0.233 e. The number of sulfone groups is 3. The number of hydrogen-bond acceptors (Lipinski definition) is 12. The third kappa shape index (κ3) is 31.1. The third-order valence-electron chi connectivity index (χ3n) is 19.1. The second kappa shape index (κ2) is 49.4. The SMILES string of the molecule is CC(C[PH+](c1ccccc1)c1ccccc1)(C[PH+](c1ccccc1)c1ccccc1)C[PH+](c1ccccc1)c1ccccc1.CC(C[PH+](c1ccccc1)c1ccccc1)(C[PH+](c1ccccc1)c1ccccc1)C[PH+](c1ccccc1)c1ccccc1.CS(=O)(=O)C(C#N)C#N.CS(=O)(=O)C(C#N)C#N.CS(=O)(=O)C(C#N)C#N.[Fe].[Fe]. The van der Waals surface area contributed by atoms with E-state index in [1.807, 2.05) is 0 Å². The molecule has 12 aromatic rings. The number of nitriles is 6. The smallest absolute Gasteiger partial charge is 0.227 e. The average Bonchev–Trinajstić information content (AvgIpc) is 0.790. The van der Waals surface area contributed by atoms with Gasteiger partial charge in [-0.3, -0.25) is 0 Å². The van der Waals surface area contributed by atoms with Gasteiger partial charge in [-0.2, -0.15) is 31.6 Å². The first-order chi connectivity index (χ1) is 55.4. The normalized spacial score (nSPS) is 11.2. The zero-order valence-electron chi connectivity index (χ0n) is 65.7. The van der Waals surface area contributed by atoms with Crippen LogP contribution in [-0.4, -0.2) is 96.7 Å². The van der Waals surface area contributed by atoms with Crippen LogP contribution in [0.3, 0.4) is 0 Å². The van der Waals surface area contributed by atoms with Crippen molar-refractivity contribution in [2.24, 2.45) is 10.8 Å². The fourth-order valence-electron chi connectivity index (χ4n) is 13.5. The summed E-state index contributed by atoms with van der Waals surface area (Å²) in [6.07, 6.45) is 9.76. The van der Waals surface area contributed by atoms with Crippen molar-refractivity contribution in [2.75, 3.05) is 55.7 Å². The minimum Gasteiger partial charge on any atom is -0.227 e. The molecular weight excluding hydrogens is 1700 g/mol. The van der Waals surface area contributed by atoms with E-state index in [0.29, 0.717) is 0 Å².